The van der Waals surface area contributed by atoms with Gasteiger partial charge in [-0.2, -0.15) is 0 Å². The van der Waals surface area contributed by atoms with Crippen molar-refractivity contribution < 1.29 is 19.1 Å². The van der Waals surface area contributed by atoms with Crippen molar-refractivity contribution in [1.29, 1.82) is 0 Å². The van der Waals surface area contributed by atoms with Crippen LogP contribution < -0.4 is 10.6 Å². The fraction of sp³-hybridized carbons (Fsp3) is 0.480. The molecule has 7 nitrogen and oxygen atoms in total. The summed E-state index contributed by atoms with van der Waals surface area (Å²) in [5, 5.41) is 6.24. The molecule has 1 amide bonds. The minimum absolute atomic E-state index is 0.0989. The maximum Gasteiger partial charge on any atom is 0.407 e. The predicted octanol–water partition coefficient (Wildman–Crippen LogP) is 5.55. The van der Waals surface area contributed by atoms with Gasteiger partial charge in [0.1, 0.15) is 17.0 Å². The van der Waals surface area contributed by atoms with E-state index in [2.05, 4.69) is 10.6 Å². The van der Waals surface area contributed by atoms with E-state index in [9.17, 15) is 9.59 Å². The molecule has 0 atom stereocenters. The van der Waals surface area contributed by atoms with Crippen molar-refractivity contribution in [3.05, 3.63) is 53.7 Å². The summed E-state index contributed by atoms with van der Waals surface area (Å²) < 4.78 is 10.6. The van der Waals surface area contributed by atoms with Gasteiger partial charge in [0.15, 0.2) is 0 Å². The molecule has 1 aliphatic carbocycles. The Kier molecular flexibility index (Phi) is 7.72. The van der Waals surface area contributed by atoms with Gasteiger partial charge < -0.3 is 20.1 Å². The highest BCUT2D eigenvalue weighted by atomic mass is 16.6. The van der Waals surface area contributed by atoms with Crippen LogP contribution in [-0.2, 0) is 9.47 Å². The fourth-order valence-electron chi connectivity index (χ4n) is 3.84. The molecule has 0 aliphatic heterocycles. The zero-order chi connectivity index (χ0) is 23.1. The number of hydrogen-bond acceptors (Lipinski definition) is 6. The Labute approximate surface area is 189 Å². The van der Waals surface area contributed by atoms with Gasteiger partial charge in [0.2, 0.25) is 0 Å². The molecule has 7 heteroatoms. The zero-order valence-electron chi connectivity index (χ0n) is 19.3. The molecule has 0 unspecified atom stereocenters. The van der Waals surface area contributed by atoms with E-state index in [0.717, 1.165) is 37.1 Å². The number of alkyl carbamates (subject to hydrolysis) is 1. The Hall–Kier alpha value is -3.09. The molecule has 2 aromatic rings. The standard InChI is InChI=1S/C25H33N3O4/c1-5-31-23(29)20-15-16-21(28-22(20)26-18-9-7-6-8-10-18)17-11-13-19(14-12-17)27-24(30)32-25(2,3)4/h6-10,15-17,19H,5,11-14H2,1-4H3,(H,26,28)(H,27,30). The molecule has 1 aromatic carbocycles. The Morgan fingerprint density at radius 3 is 2.34 bits per heavy atom. The first-order valence-corrected chi connectivity index (χ1v) is 11.2. The van der Waals surface area contributed by atoms with Crippen LogP contribution in [0.25, 0.3) is 0 Å². The lowest BCUT2D eigenvalue weighted by Gasteiger charge is -2.30. The number of ether oxygens (including phenoxy) is 2. The van der Waals surface area contributed by atoms with Gasteiger partial charge in [0, 0.05) is 23.3 Å². The number of rotatable bonds is 6. The zero-order valence-corrected chi connectivity index (χ0v) is 19.3. The van der Waals surface area contributed by atoms with Crippen LogP contribution in [0.2, 0.25) is 0 Å². The molecule has 2 N–H and O–H groups in total. The average Bonchev–Trinajstić information content (AvgIpc) is 2.74. The number of anilines is 2. The monoisotopic (exact) mass is 439 g/mol. The van der Waals surface area contributed by atoms with Crippen LogP contribution in [0, 0.1) is 0 Å². The number of carbonyl (C=O) groups is 2. The number of carbonyl (C=O) groups excluding carboxylic acids is 2. The van der Waals surface area contributed by atoms with Gasteiger partial charge in [-0.1, -0.05) is 18.2 Å². The summed E-state index contributed by atoms with van der Waals surface area (Å²) in [6, 6.07) is 13.4. The fourth-order valence-corrected chi connectivity index (χ4v) is 3.84. The molecular weight excluding hydrogens is 406 g/mol. The minimum Gasteiger partial charge on any atom is -0.462 e. The Morgan fingerprint density at radius 2 is 1.72 bits per heavy atom. The SMILES string of the molecule is CCOC(=O)c1ccc(C2CCC(NC(=O)OC(C)(C)C)CC2)nc1Nc1ccccc1. The molecule has 1 aromatic heterocycles. The first-order chi connectivity index (χ1) is 15.2. The maximum absolute atomic E-state index is 12.4. The van der Waals surface area contributed by atoms with Gasteiger partial charge in [-0.15, -0.1) is 0 Å². The van der Waals surface area contributed by atoms with E-state index in [1.165, 1.54) is 0 Å². The number of nitrogens with zero attached hydrogens (tertiary/aromatic N) is 1. The predicted molar refractivity (Wildman–Crippen MR) is 124 cm³/mol. The molecule has 3 rings (SSSR count). The van der Waals surface area contributed by atoms with Gasteiger partial charge in [-0.05, 0) is 77.6 Å². The number of esters is 1. The second-order valence-electron chi connectivity index (χ2n) is 9.04. The van der Waals surface area contributed by atoms with Crippen molar-refractivity contribution in [2.45, 2.75) is 70.9 Å². The van der Waals surface area contributed by atoms with Gasteiger partial charge >= 0.3 is 12.1 Å². The van der Waals surface area contributed by atoms with Gasteiger partial charge in [0.25, 0.3) is 0 Å². The molecule has 0 saturated heterocycles. The molecule has 1 heterocycles. The topological polar surface area (TPSA) is 89.5 Å². The molecule has 0 radical (unpaired) electrons. The highest BCUT2D eigenvalue weighted by Crippen LogP contribution is 2.33. The smallest absolute Gasteiger partial charge is 0.407 e. The van der Waals surface area contributed by atoms with E-state index in [0.29, 0.717) is 18.0 Å². The summed E-state index contributed by atoms with van der Waals surface area (Å²) in [6.45, 7) is 7.66. The van der Waals surface area contributed by atoms with E-state index in [1.807, 2.05) is 57.2 Å². The molecule has 172 valence electrons. The lowest BCUT2D eigenvalue weighted by molar-refractivity contribution is 0.0488. The first kappa shape index (κ1) is 23.6. The average molecular weight is 440 g/mol. The number of para-hydroxylation sites is 1. The summed E-state index contributed by atoms with van der Waals surface area (Å²) in [5.74, 6) is 0.371. The molecule has 1 saturated carbocycles. The third-order valence-corrected chi connectivity index (χ3v) is 5.31. The van der Waals surface area contributed by atoms with Crippen molar-refractivity contribution in [3.63, 3.8) is 0 Å². The third-order valence-electron chi connectivity index (χ3n) is 5.31. The largest absolute Gasteiger partial charge is 0.462 e. The number of hydrogen-bond donors (Lipinski definition) is 2. The number of nitrogens with one attached hydrogen (secondary N) is 2. The molecule has 0 spiro atoms. The van der Waals surface area contributed by atoms with Crippen LogP contribution in [0.15, 0.2) is 42.5 Å². The Balaban J connectivity index is 1.69. The second-order valence-corrected chi connectivity index (χ2v) is 9.04. The van der Waals surface area contributed by atoms with Crippen molar-refractivity contribution in [2.24, 2.45) is 0 Å². The van der Waals surface area contributed by atoms with E-state index in [1.54, 1.807) is 13.0 Å². The van der Waals surface area contributed by atoms with Crippen LogP contribution in [-0.4, -0.2) is 35.3 Å². The lowest BCUT2D eigenvalue weighted by Crippen LogP contribution is -2.40. The van der Waals surface area contributed by atoms with Crippen molar-refractivity contribution in [3.8, 4) is 0 Å². The maximum atomic E-state index is 12.4. The molecule has 32 heavy (non-hydrogen) atoms. The number of aromatic nitrogens is 1. The van der Waals surface area contributed by atoms with E-state index < -0.39 is 11.6 Å². The normalized spacial score (nSPS) is 18.5. The molecular formula is C25H33N3O4. The number of amides is 1. The van der Waals surface area contributed by atoms with Crippen LogP contribution in [0.3, 0.4) is 0 Å². The summed E-state index contributed by atoms with van der Waals surface area (Å²) in [5.41, 5.74) is 1.70. The molecule has 1 aliphatic rings. The Bertz CT molecular complexity index is 917. The third kappa shape index (κ3) is 6.70. The van der Waals surface area contributed by atoms with Crippen molar-refractivity contribution in [1.82, 2.24) is 10.3 Å². The van der Waals surface area contributed by atoms with Crippen LogP contribution in [0.5, 0.6) is 0 Å². The van der Waals surface area contributed by atoms with E-state index in [-0.39, 0.29) is 18.1 Å². The molecule has 0 bridgehead atoms. The molecule has 1 fully saturated rings. The van der Waals surface area contributed by atoms with Gasteiger partial charge in [-0.25, -0.2) is 14.6 Å². The number of pyridine rings is 1. The van der Waals surface area contributed by atoms with Gasteiger partial charge in [0.05, 0.1) is 6.61 Å². The highest BCUT2D eigenvalue weighted by Gasteiger charge is 2.27. The van der Waals surface area contributed by atoms with Crippen LogP contribution in [0.4, 0.5) is 16.3 Å². The van der Waals surface area contributed by atoms with Crippen LogP contribution in [0.1, 0.15) is 75.3 Å². The first-order valence-electron chi connectivity index (χ1n) is 11.2. The summed E-state index contributed by atoms with van der Waals surface area (Å²) in [7, 11) is 0. The van der Waals surface area contributed by atoms with Gasteiger partial charge in [-0.3, -0.25) is 0 Å². The Morgan fingerprint density at radius 1 is 1.03 bits per heavy atom. The van der Waals surface area contributed by atoms with E-state index in [4.69, 9.17) is 14.5 Å². The summed E-state index contributed by atoms with van der Waals surface area (Å²) in [4.78, 5) is 29.3. The van der Waals surface area contributed by atoms with Crippen LogP contribution >= 0.6 is 0 Å². The number of benzene rings is 1. The van der Waals surface area contributed by atoms with E-state index >= 15 is 0 Å². The second kappa shape index (κ2) is 10.5. The summed E-state index contributed by atoms with van der Waals surface area (Å²) >= 11 is 0. The minimum atomic E-state index is -0.506. The van der Waals surface area contributed by atoms with Crippen molar-refractivity contribution >= 4 is 23.6 Å². The summed E-state index contributed by atoms with van der Waals surface area (Å²) in [6.07, 6.45) is 3.14. The quantitative estimate of drug-likeness (QED) is 0.573. The lowest BCUT2D eigenvalue weighted by atomic mass is 9.84. The highest BCUT2D eigenvalue weighted by molar-refractivity contribution is 5.95. The van der Waals surface area contributed by atoms with Crippen molar-refractivity contribution in [2.75, 3.05) is 11.9 Å².